The monoisotopic (exact) mass is 369 g/mol. The lowest BCUT2D eigenvalue weighted by atomic mass is 10.1. The molecule has 0 saturated carbocycles. The normalized spacial score (nSPS) is 11.3. The molecule has 2 aromatic carbocycles. The third-order valence-electron chi connectivity index (χ3n) is 3.95. The summed E-state index contributed by atoms with van der Waals surface area (Å²) >= 11 is 0. The van der Waals surface area contributed by atoms with E-state index in [4.69, 9.17) is 0 Å². The number of amides is 1. The van der Waals surface area contributed by atoms with Gasteiger partial charge in [0.2, 0.25) is 5.91 Å². The Bertz CT molecular complexity index is 1040. The van der Waals surface area contributed by atoms with Gasteiger partial charge in [0, 0.05) is 35.7 Å². The lowest BCUT2D eigenvalue weighted by Gasteiger charge is -2.08. The smallest absolute Gasteiger partial charge is 0.224 e. The Labute approximate surface area is 152 Å². The maximum atomic E-state index is 11.7. The van der Waals surface area contributed by atoms with Crippen LogP contribution in [-0.4, -0.2) is 30.4 Å². The van der Waals surface area contributed by atoms with E-state index in [-0.39, 0.29) is 10.8 Å². The van der Waals surface area contributed by atoms with Crippen LogP contribution >= 0.6 is 0 Å². The van der Waals surface area contributed by atoms with Crippen molar-refractivity contribution in [2.75, 3.05) is 11.6 Å². The van der Waals surface area contributed by atoms with Crippen molar-refractivity contribution in [3.05, 3.63) is 60.9 Å². The predicted molar refractivity (Wildman–Crippen MR) is 101 cm³/mol. The summed E-state index contributed by atoms with van der Waals surface area (Å²) in [5.74, 6) is -0.0544. The molecule has 1 aromatic heterocycles. The zero-order valence-corrected chi connectivity index (χ0v) is 15.3. The van der Waals surface area contributed by atoms with Gasteiger partial charge in [-0.25, -0.2) is 13.1 Å². The van der Waals surface area contributed by atoms with Gasteiger partial charge in [0.15, 0.2) is 9.84 Å². The van der Waals surface area contributed by atoms with Gasteiger partial charge in [-0.3, -0.25) is 4.79 Å². The molecule has 3 rings (SSSR count). The Balaban J connectivity index is 1.93. The van der Waals surface area contributed by atoms with E-state index in [1.165, 1.54) is 6.26 Å². The molecule has 0 radical (unpaired) electrons. The van der Waals surface area contributed by atoms with Crippen LogP contribution in [0.5, 0.6) is 0 Å². The van der Waals surface area contributed by atoms with Crippen molar-refractivity contribution >= 4 is 21.4 Å². The van der Waals surface area contributed by atoms with Crippen LogP contribution in [-0.2, 0) is 14.6 Å². The number of carbonyl (C=O) groups excluding carboxylic acids is 1. The summed E-state index contributed by atoms with van der Waals surface area (Å²) in [6, 6.07) is 14.1. The van der Waals surface area contributed by atoms with Crippen molar-refractivity contribution in [3.8, 4) is 16.8 Å². The van der Waals surface area contributed by atoms with E-state index in [0.29, 0.717) is 6.42 Å². The van der Waals surface area contributed by atoms with Gasteiger partial charge in [0.25, 0.3) is 0 Å². The maximum absolute atomic E-state index is 11.7. The number of nitrogens with zero attached hydrogens (tertiary/aromatic N) is 2. The zero-order valence-electron chi connectivity index (χ0n) is 14.5. The Hall–Kier alpha value is -2.93. The number of nitrogens with one attached hydrogen (secondary N) is 1. The second-order valence-corrected chi connectivity index (χ2v) is 7.90. The fraction of sp³-hybridized carbons (Fsp3) is 0.158. The molecule has 134 valence electrons. The van der Waals surface area contributed by atoms with Gasteiger partial charge in [-0.05, 0) is 30.3 Å². The Kier molecular flexibility index (Phi) is 4.90. The highest BCUT2D eigenvalue weighted by molar-refractivity contribution is 7.90. The van der Waals surface area contributed by atoms with Crippen molar-refractivity contribution in [1.29, 1.82) is 0 Å². The first kappa shape index (κ1) is 17.9. The average molecular weight is 369 g/mol. The van der Waals surface area contributed by atoms with Gasteiger partial charge in [-0.1, -0.05) is 25.1 Å². The van der Waals surface area contributed by atoms with Gasteiger partial charge < -0.3 is 5.32 Å². The van der Waals surface area contributed by atoms with E-state index in [0.717, 1.165) is 22.5 Å². The number of para-hydroxylation sites is 1. The van der Waals surface area contributed by atoms with Crippen molar-refractivity contribution in [3.63, 3.8) is 0 Å². The van der Waals surface area contributed by atoms with Crippen LogP contribution in [0.4, 0.5) is 5.69 Å². The standard InChI is InChI=1S/C19H19N3O3S/c1-3-19(23)21-18-7-5-4-6-17(18)14-12-20-22(13-14)15-8-10-16(11-9-15)26(2,24)25/h4-13H,3H2,1-2H3,(H,21,23). The molecule has 3 aromatic rings. The van der Waals surface area contributed by atoms with Gasteiger partial charge in [-0.15, -0.1) is 0 Å². The molecule has 6 nitrogen and oxygen atoms in total. The van der Waals surface area contributed by atoms with Crippen LogP contribution < -0.4 is 5.32 Å². The Morgan fingerprint density at radius 1 is 1.12 bits per heavy atom. The van der Waals surface area contributed by atoms with E-state index in [1.54, 1.807) is 42.1 Å². The van der Waals surface area contributed by atoms with Crippen LogP contribution in [0.2, 0.25) is 0 Å². The number of aromatic nitrogens is 2. The molecule has 0 atom stereocenters. The molecule has 0 unspecified atom stereocenters. The molecular weight excluding hydrogens is 350 g/mol. The number of anilines is 1. The van der Waals surface area contributed by atoms with Crippen molar-refractivity contribution < 1.29 is 13.2 Å². The highest BCUT2D eigenvalue weighted by Crippen LogP contribution is 2.28. The minimum atomic E-state index is -3.23. The van der Waals surface area contributed by atoms with Gasteiger partial charge in [0.1, 0.15) is 0 Å². The molecule has 7 heteroatoms. The van der Waals surface area contributed by atoms with E-state index >= 15 is 0 Å². The fourth-order valence-electron chi connectivity index (χ4n) is 2.53. The number of rotatable bonds is 5. The number of benzene rings is 2. The first-order valence-corrected chi connectivity index (χ1v) is 10.0. The van der Waals surface area contributed by atoms with Crippen LogP contribution in [0, 0.1) is 0 Å². The molecule has 26 heavy (non-hydrogen) atoms. The maximum Gasteiger partial charge on any atom is 0.224 e. The SMILES string of the molecule is CCC(=O)Nc1ccccc1-c1cnn(-c2ccc(S(C)(=O)=O)cc2)c1. The predicted octanol–water partition coefficient (Wildman–Crippen LogP) is 3.29. The molecule has 0 aliphatic carbocycles. The number of hydrogen-bond acceptors (Lipinski definition) is 4. The van der Waals surface area contributed by atoms with Crippen molar-refractivity contribution in [1.82, 2.24) is 9.78 Å². The molecule has 0 saturated heterocycles. The molecule has 0 fully saturated rings. The largest absolute Gasteiger partial charge is 0.326 e. The highest BCUT2D eigenvalue weighted by Gasteiger charge is 2.11. The number of sulfone groups is 1. The van der Waals surface area contributed by atoms with E-state index in [1.807, 2.05) is 30.5 Å². The number of hydrogen-bond donors (Lipinski definition) is 1. The van der Waals surface area contributed by atoms with Crippen LogP contribution in [0.3, 0.4) is 0 Å². The van der Waals surface area contributed by atoms with Gasteiger partial charge in [-0.2, -0.15) is 5.10 Å². The lowest BCUT2D eigenvalue weighted by Crippen LogP contribution is -2.10. The summed E-state index contributed by atoms with van der Waals surface area (Å²) < 4.78 is 24.8. The quantitative estimate of drug-likeness (QED) is 0.748. The third kappa shape index (κ3) is 3.83. The molecule has 0 bridgehead atoms. The Morgan fingerprint density at radius 3 is 2.46 bits per heavy atom. The van der Waals surface area contributed by atoms with Crippen LogP contribution in [0.15, 0.2) is 65.8 Å². The first-order chi connectivity index (χ1) is 12.4. The van der Waals surface area contributed by atoms with Crippen molar-refractivity contribution in [2.24, 2.45) is 0 Å². The fourth-order valence-corrected chi connectivity index (χ4v) is 3.16. The first-order valence-electron chi connectivity index (χ1n) is 8.13. The van der Waals surface area contributed by atoms with E-state index in [2.05, 4.69) is 10.4 Å². The molecule has 0 aliphatic rings. The number of carbonyl (C=O) groups is 1. The summed E-state index contributed by atoms with van der Waals surface area (Å²) in [4.78, 5) is 12.0. The summed E-state index contributed by atoms with van der Waals surface area (Å²) in [6.07, 6.45) is 5.13. The molecule has 1 heterocycles. The minimum absolute atomic E-state index is 0.0544. The van der Waals surface area contributed by atoms with E-state index in [9.17, 15) is 13.2 Å². The van der Waals surface area contributed by atoms with Crippen LogP contribution in [0.25, 0.3) is 16.8 Å². The van der Waals surface area contributed by atoms with Crippen LogP contribution in [0.1, 0.15) is 13.3 Å². The van der Waals surface area contributed by atoms with Gasteiger partial charge in [0.05, 0.1) is 16.8 Å². The van der Waals surface area contributed by atoms with Crippen molar-refractivity contribution in [2.45, 2.75) is 18.2 Å². The summed E-state index contributed by atoms with van der Waals surface area (Å²) in [6.45, 7) is 1.80. The summed E-state index contributed by atoms with van der Waals surface area (Å²) in [7, 11) is -3.23. The Morgan fingerprint density at radius 2 is 1.81 bits per heavy atom. The average Bonchev–Trinajstić information content (AvgIpc) is 3.11. The third-order valence-corrected chi connectivity index (χ3v) is 5.07. The topological polar surface area (TPSA) is 81.1 Å². The second-order valence-electron chi connectivity index (χ2n) is 5.89. The molecule has 1 N–H and O–H groups in total. The minimum Gasteiger partial charge on any atom is -0.326 e. The summed E-state index contributed by atoms with van der Waals surface area (Å²) in [5.41, 5.74) is 3.20. The molecule has 1 amide bonds. The van der Waals surface area contributed by atoms with Gasteiger partial charge >= 0.3 is 0 Å². The zero-order chi connectivity index (χ0) is 18.7. The molecule has 0 aliphatic heterocycles. The second kappa shape index (κ2) is 7.13. The lowest BCUT2D eigenvalue weighted by molar-refractivity contribution is -0.115. The highest BCUT2D eigenvalue weighted by atomic mass is 32.2. The molecule has 0 spiro atoms. The summed E-state index contributed by atoms with van der Waals surface area (Å²) in [5, 5.41) is 7.24. The molecular formula is C19H19N3O3S. The van der Waals surface area contributed by atoms with E-state index < -0.39 is 9.84 Å².